The second-order valence-corrected chi connectivity index (χ2v) is 12.1. The molecule has 0 aromatic heterocycles. The summed E-state index contributed by atoms with van der Waals surface area (Å²) in [4.78, 5) is 13.6. The van der Waals surface area contributed by atoms with Crippen LogP contribution in [0.4, 0.5) is 0 Å². The molecule has 0 aromatic rings. The fraction of sp³-hybridized carbons (Fsp3) is 0.880. The summed E-state index contributed by atoms with van der Waals surface area (Å²) in [5, 5.41) is 50.9. The smallest absolute Gasteiger partial charge is 0.314 e. The minimum Gasteiger partial charge on any atom is -0.432 e. The van der Waals surface area contributed by atoms with Crippen LogP contribution in [0.2, 0.25) is 0 Å². The van der Waals surface area contributed by atoms with E-state index in [0.29, 0.717) is 12.3 Å². The molecule has 33 heavy (non-hydrogen) atoms. The summed E-state index contributed by atoms with van der Waals surface area (Å²) in [5.41, 5.74) is -0.612. The minimum absolute atomic E-state index is 0.0462. The lowest BCUT2D eigenvalue weighted by atomic mass is 9.41. The Morgan fingerprint density at radius 2 is 1.70 bits per heavy atom. The number of esters is 1. The van der Waals surface area contributed by atoms with Gasteiger partial charge in [-0.3, -0.25) is 4.79 Å². The Kier molecular flexibility index (Phi) is 5.37. The monoisotopic (exact) mass is 466 g/mol. The Bertz CT molecular complexity index is 846. The van der Waals surface area contributed by atoms with Crippen molar-refractivity contribution < 1.29 is 39.8 Å². The van der Waals surface area contributed by atoms with E-state index in [1.165, 1.54) is 0 Å². The third-order valence-electron chi connectivity index (χ3n) is 10.4. The SMILES string of the molecule is C=C1C[C@@]23CC[C@H]4[C@@](C)(CCC[C@@]4(C)C(=O)O[C@H]4O[C@@H](O)[C@H](O)[C@@H](O)[C@@H]4O)[C@@H]2CC[C@]1(O)C3. The van der Waals surface area contributed by atoms with Gasteiger partial charge in [0.2, 0.25) is 6.29 Å². The maximum absolute atomic E-state index is 13.6. The van der Waals surface area contributed by atoms with Crippen molar-refractivity contribution in [3.63, 3.8) is 0 Å². The van der Waals surface area contributed by atoms with Crippen LogP contribution < -0.4 is 0 Å². The number of aliphatic hydroxyl groups is 5. The van der Waals surface area contributed by atoms with Crippen LogP contribution in [-0.2, 0) is 14.3 Å². The van der Waals surface area contributed by atoms with Crippen molar-refractivity contribution in [2.24, 2.45) is 28.1 Å². The Balaban J connectivity index is 1.39. The van der Waals surface area contributed by atoms with Crippen molar-refractivity contribution >= 4 is 5.97 Å². The molecule has 1 heterocycles. The number of hydrogen-bond donors (Lipinski definition) is 5. The molecule has 1 aliphatic heterocycles. The third-order valence-corrected chi connectivity index (χ3v) is 10.4. The fourth-order valence-corrected chi connectivity index (χ4v) is 8.76. The summed E-state index contributed by atoms with van der Waals surface area (Å²) in [7, 11) is 0. The molecule has 5 fully saturated rings. The number of rotatable bonds is 2. The number of carbonyl (C=O) groups excluding carboxylic acids is 1. The molecule has 0 aromatic carbocycles. The molecule has 1 saturated heterocycles. The number of hydrogen-bond acceptors (Lipinski definition) is 8. The first-order chi connectivity index (χ1) is 15.4. The molecule has 4 aliphatic carbocycles. The summed E-state index contributed by atoms with van der Waals surface area (Å²) in [5.74, 6) is -0.0357. The lowest BCUT2D eigenvalue weighted by molar-refractivity contribution is -0.334. The van der Waals surface area contributed by atoms with Crippen LogP contribution >= 0.6 is 0 Å². The average molecular weight is 467 g/mol. The molecule has 5 N–H and O–H groups in total. The van der Waals surface area contributed by atoms with Crippen molar-refractivity contribution in [2.75, 3.05) is 0 Å². The Labute approximate surface area is 194 Å². The quantitative estimate of drug-likeness (QED) is 0.304. The van der Waals surface area contributed by atoms with E-state index in [0.717, 1.165) is 56.9 Å². The highest BCUT2D eigenvalue weighted by molar-refractivity contribution is 5.77. The van der Waals surface area contributed by atoms with Gasteiger partial charge in [-0.05, 0) is 86.5 Å². The summed E-state index contributed by atoms with van der Waals surface area (Å²) in [6.45, 7) is 8.44. The molecular weight excluding hydrogens is 428 g/mol. The summed E-state index contributed by atoms with van der Waals surface area (Å²) < 4.78 is 10.7. The van der Waals surface area contributed by atoms with Gasteiger partial charge in [0.05, 0.1) is 11.0 Å². The van der Waals surface area contributed by atoms with E-state index in [1.807, 2.05) is 6.92 Å². The lowest BCUT2D eigenvalue weighted by Gasteiger charge is -2.63. The third kappa shape index (κ3) is 3.21. The van der Waals surface area contributed by atoms with Crippen LogP contribution in [0.25, 0.3) is 0 Å². The van der Waals surface area contributed by atoms with Gasteiger partial charge in [0.15, 0.2) is 6.29 Å². The average Bonchev–Trinajstić information content (AvgIpc) is 2.93. The molecule has 2 bridgehead atoms. The Morgan fingerprint density at radius 1 is 1.00 bits per heavy atom. The second kappa shape index (κ2) is 7.48. The first kappa shape index (κ1) is 23.7. The van der Waals surface area contributed by atoms with Gasteiger partial charge < -0.3 is 35.0 Å². The summed E-state index contributed by atoms with van der Waals surface area (Å²) >= 11 is 0. The zero-order chi connectivity index (χ0) is 24.0. The van der Waals surface area contributed by atoms with Gasteiger partial charge in [0.25, 0.3) is 0 Å². The molecule has 186 valence electrons. The van der Waals surface area contributed by atoms with Crippen LogP contribution in [0, 0.1) is 28.1 Å². The van der Waals surface area contributed by atoms with Gasteiger partial charge in [-0.1, -0.05) is 19.9 Å². The molecule has 11 atom stereocenters. The first-order valence-electron chi connectivity index (χ1n) is 12.4. The van der Waals surface area contributed by atoms with Gasteiger partial charge >= 0.3 is 5.97 Å². The van der Waals surface area contributed by atoms with Gasteiger partial charge in [-0.25, -0.2) is 0 Å². The van der Waals surface area contributed by atoms with E-state index in [4.69, 9.17) is 9.47 Å². The topological polar surface area (TPSA) is 137 Å². The molecule has 0 radical (unpaired) electrons. The predicted octanol–water partition coefficient (Wildman–Crippen LogP) is 1.37. The molecule has 0 unspecified atom stereocenters. The Morgan fingerprint density at radius 3 is 2.42 bits per heavy atom. The standard InChI is InChI=1S/C25H38O8/c1-13-11-24-9-5-14-22(2,15(24)6-10-25(13,31)12-24)7-4-8-23(14,3)21(30)33-20-18(28)16(26)17(27)19(29)32-20/h14-20,26-29,31H,1,4-12H2,2-3H3/t14-,15-,16+,17+,18-,19+,20+,22+,23+,24+,25-/m0/s1. The number of ether oxygens (including phenoxy) is 2. The van der Waals surface area contributed by atoms with Crippen LogP contribution in [-0.4, -0.2) is 68.0 Å². The van der Waals surface area contributed by atoms with Gasteiger partial charge in [0, 0.05) is 0 Å². The van der Waals surface area contributed by atoms with Crippen molar-refractivity contribution in [1.82, 2.24) is 0 Å². The zero-order valence-corrected chi connectivity index (χ0v) is 19.6. The van der Waals surface area contributed by atoms with E-state index >= 15 is 0 Å². The maximum atomic E-state index is 13.6. The van der Waals surface area contributed by atoms with Crippen LogP contribution in [0.5, 0.6) is 0 Å². The molecular formula is C25H38O8. The number of carbonyl (C=O) groups is 1. The van der Waals surface area contributed by atoms with Crippen molar-refractivity contribution in [2.45, 2.75) is 108 Å². The van der Waals surface area contributed by atoms with E-state index in [-0.39, 0.29) is 16.7 Å². The number of fused-ring (bicyclic) bond motifs is 3. The molecule has 5 rings (SSSR count). The number of aliphatic hydroxyl groups excluding tert-OH is 4. The summed E-state index contributed by atoms with van der Waals surface area (Å²) in [6.07, 6.45) is -0.704. The van der Waals surface area contributed by atoms with E-state index in [1.54, 1.807) is 0 Å². The second-order valence-electron chi connectivity index (χ2n) is 12.1. The van der Waals surface area contributed by atoms with E-state index in [2.05, 4.69) is 13.5 Å². The van der Waals surface area contributed by atoms with Crippen LogP contribution in [0.15, 0.2) is 12.2 Å². The fourth-order valence-electron chi connectivity index (χ4n) is 8.76. The molecule has 8 nitrogen and oxygen atoms in total. The maximum Gasteiger partial charge on any atom is 0.314 e. The Hall–Kier alpha value is -1.03. The summed E-state index contributed by atoms with van der Waals surface area (Å²) in [6, 6.07) is 0. The van der Waals surface area contributed by atoms with Gasteiger partial charge in [0.1, 0.15) is 18.3 Å². The highest BCUT2D eigenvalue weighted by atomic mass is 16.8. The van der Waals surface area contributed by atoms with E-state index < -0.39 is 47.9 Å². The lowest BCUT2D eigenvalue weighted by Crippen LogP contribution is -2.61. The van der Waals surface area contributed by atoms with Crippen molar-refractivity contribution in [3.05, 3.63) is 12.2 Å². The van der Waals surface area contributed by atoms with E-state index in [9.17, 15) is 30.3 Å². The highest BCUT2D eigenvalue weighted by Gasteiger charge is 2.68. The predicted molar refractivity (Wildman–Crippen MR) is 116 cm³/mol. The van der Waals surface area contributed by atoms with Crippen LogP contribution in [0.1, 0.15) is 71.6 Å². The molecule has 1 spiro atoms. The highest BCUT2D eigenvalue weighted by Crippen LogP contribution is 2.73. The van der Waals surface area contributed by atoms with Crippen molar-refractivity contribution in [1.29, 1.82) is 0 Å². The zero-order valence-electron chi connectivity index (χ0n) is 19.6. The van der Waals surface area contributed by atoms with Crippen molar-refractivity contribution in [3.8, 4) is 0 Å². The largest absolute Gasteiger partial charge is 0.432 e. The molecule has 4 saturated carbocycles. The van der Waals surface area contributed by atoms with Crippen LogP contribution in [0.3, 0.4) is 0 Å². The van der Waals surface area contributed by atoms with Gasteiger partial charge in [-0.15, -0.1) is 0 Å². The molecule has 0 amide bonds. The van der Waals surface area contributed by atoms with Gasteiger partial charge in [-0.2, -0.15) is 0 Å². The minimum atomic E-state index is -1.75. The molecule has 5 aliphatic rings. The normalized spacial score (nSPS) is 56.1. The molecule has 8 heteroatoms. The first-order valence-corrected chi connectivity index (χ1v) is 12.4.